The minimum absolute atomic E-state index is 0.0991. The van der Waals surface area contributed by atoms with Gasteiger partial charge in [-0.25, -0.2) is 0 Å². The van der Waals surface area contributed by atoms with Gasteiger partial charge in [-0.3, -0.25) is 9.59 Å². The van der Waals surface area contributed by atoms with E-state index in [1.54, 1.807) is 18.2 Å². The van der Waals surface area contributed by atoms with Crippen molar-refractivity contribution in [3.8, 4) is 11.5 Å². The Morgan fingerprint density at radius 3 is 2.44 bits per heavy atom. The maximum Gasteiger partial charge on any atom is 0.421 e. The first-order valence-electron chi connectivity index (χ1n) is 9.65. The number of alkyl halides is 3. The van der Waals surface area contributed by atoms with Crippen molar-refractivity contribution in [3.05, 3.63) is 93.9 Å². The Labute approximate surface area is 182 Å². The molecular weight excluding hydrogens is 425 g/mol. The largest absolute Gasteiger partial charge is 0.493 e. The first-order valence-corrected chi connectivity index (χ1v) is 9.65. The molecule has 9 heteroatoms. The molecule has 1 N–H and O–H groups in total. The molecular formula is C23H21F3N2O4. The highest BCUT2D eigenvalue weighted by Crippen LogP contribution is 2.29. The Balaban J connectivity index is 1.61. The van der Waals surface area contributed by atoms with Crippen LogP contribution in [0.5, 0.6) is 11.5 Å². The smallest absolute Gasteiger partial charge is 0.421 e. The van der Waals surface area contributed by atoms with Crippen molar-refractivity contribution in [2.24, 2.45) is 0 Å². The van der Waals surface area contributed by atoms with E-state index in [2.05, 4.69) is 5.32 Å². The summed E-state index contributed by atoms with van der Waals surface area (Å²) in [6.45, 7) is -0.0704. The van der Waals surface area contributed by atoms with Crippen molar-refractivity contribution in [2.45, 2.75) is 25.9 Å². The lowest BCUT2D eigenvalue weighted by atomic mass is 10.2. The number of carbonyl (C=O) groups is 1. The van der Waals surface area contributed by atoms with Gasteiger partial charge in [0.15, 0.2) is 11.5 Å². The van der Waals surface area contributed by atoms with E-state index < -0.39 is 29.8 Å². The number of ether oxygens (including phenoxy) is 2. The van der Waals surface area contributed by atoms with Crippen molar-refractivity contribution in [2.75, 3.05) is 7.11 Å². The van der Waals surface area contributed by atoms with Gasteiger partial charge in [-0.15, -0.1) is 0 Å². The van der Waals surface area contributed by atoms with Crippen LogP contribution in [0.3, 0.4) is 0 Å². The molecule has 0 spiro atoms. The van der Waals surface area contributed by atoms with Gasteiger partial charge in [-0.1, -0.05) is 36.4 Å². The molecule has 0 aliphatic heterocycles. The molecule has 0 saturated carbocycles. The molecule has 0 saturated heterocycles. The quantitative estimate of drug-likeness (QED) is 0.572. The van der Waals surface area contributed by atoms with Crippen LogP contribution in [-0.2, 0) is 30.7 Å². The van der Waals surface area contributed by atoms with Crippen LogP contribution in [0.1, 0.15) is 16.7 Å². The van der Waals surface area contributed by atoms with E-state index >= 15 is 0 Å². The number of pyridine rings is 1. The third-order valence-corrected chi connectivity index (χ3v) is 4.59. The number of hydrogen-bond donors (Lipinski definition) is 1. The number of nitrogens with zero attached hydrogens (tertiary/aromatic N) is 1. The summed E-state index contributed by atoms with van der Waals surface area (Å²) in [7, 11) is 1.49. The van der Waals surface area contributed by atoms with Crippen LogP contribution in [0.4, 0.5) is 13.2 Å². The zero-order valence-corrected chi connectivity index (χ0v) is 17.2. The summed E-state index contributed by atoms with van der Waals surface area (Å²) < 4.78 is 50.4. The molecule has 1 aromatic heterocycles. The molecule has 0 atom stereocenters. The third kappa shape index (κ3) is 5.90. The third-order valence-electron chi connectivity index (χ3n) is 4.59. The monoisotopic (exact) mass is 446 g/mol. The number of halogens is 3. The van der Waals surface area contributed by atoms with E-state index in [-0.39, 0.29) is 6.54 Å². The molecule has 3 rings (SSSR count). The number of aromatic nitrogens is 1. The highest BCUT2D eigenvalue weighted by Gasteiger charge is 2.34. The van der Waals surface area contributed by atoms with Gasteiger partial charge in [-0.05, 0) is 35.4 Å². The molecule has 0 aliphatic carbocycles. The number of carbonyl (C=O) groups excluding carboxylic acids is 1. The van der Waals surface area contributed by atoms with Crippen molar-refractivity contribution in [1.82, 2.24) is 9.88 Å². The summed E-state index contributed by atoms with van der Waals surface area (Å²) >= 11 is 0. The predicted octanol–water partition coefficient (Wildman–Crippen LogP) is 3.77. The molecule has 0 unspecified atom stereocenters. The summed E-state index contributed by atoms with van der Waals surface area (Å²) in [6, 6.07) is 16.5. The Bertz CT molecular complexity index is 1130. The molecule has 32 heavy (non-hydrogen) atoms. The number of hydrogen-bond acceptors (Lipinski definition) is 4. The summed E-state index contributed by atoms with van der Waals surface area (Å²) in [5.74, 6) is 0.401. The number of amides is 1. The van der Waals surface area contributed by atoms with E-state index in [9.17, 15) is 22.8 Å². The first kappa shape index (κ1) is 22.9. The summed E-state index contributed by atoms with van der Waals surface area (Å²) in [4.78, 5) is 24.1. The Morgan fingerprint density at radius 2 is 1.75 bits per heavy atom. The van der Waals surface area contributed by atoms with Crippen molar-refractivity contribution in [1.29, 1.82) is 0 Å². The van der Waals surface area contributed by atoms with Gasteiger partial charge < -0.3 is 19.4 Å². The fourth-order valence-electron chi connectivity index (χ4n) is 2.96. The lowest BCUT2D eigenvalue weighted by molar-refractivity contribution is -0.139. The Morgan fingerprint density at radius 1 is 1.00 bits per heavy atom. The number of rotatable bonds is 8. The highest BCUT2D eigenvalue weighted by atomic mass is 19.4. The summed E-state index contributed by atoms with van der Waals surface area (Å²) in [5, 5.41) is 2.59. The van der Waals surface area contributed by atoms with E-state index in [0.717, 1.165) is 22.4 Å². The average Bonchev–Trinajstić information content (AvgIpc) is 2.77. The number of benzene rings is 2. The van der Waals surface area contributed by atoms with Crippen molar-refractivity contribution in [3.63, 3.8) is 0 Å². The normalized spacial score (nSPS) is 11.1. The first-order chi connectivity index (χ1) is 15.3. The average molecular weight is 446 g/mol. The molecule has 0 fully saturated rings. The zero-order chi connectivity index (χ0) is 23.1. The fraction of sp³-hybridized carbons (Fsp3) is 0.217. The lowest BCUT2D eigenvalue weighted by Crippen LogP contribution is -2.34. The molecule has 1 heterocycles. The number of nitrogens with one attached hydrogen (secondary N) is 1. The van der Waals surface area contributed by atoms with Gasteiger partial charge in [0, 0.05) is 12.7 Å². The van der Waals surface area contributed by atoms with Gasteiger partial charge in [0.2, 0.25) is 5.91 Å². The van der Waals surface area contributed by atoms with E-state index in [1.807, 2.05) is 30.3 Å². The van der Waals surface area contributed by atoms with E-state index in [0.29, 0.717) is 29.7 Å². The second-order valence-corrected chi connectivity index (χ2v) is 6.89. The molecule has 3 aromatic rings. The van der Waals surface area contributed by atoms with Crippen LogP contribution < -0.4 is 20.3 Å². The molecule has 0 aliphatic rings. The van der Waals surface area contributed by atoms with E-state index in [4.69, 9.17) is 9.47 Å². The predicted molar refractivity (Wildman–Crippen MR) is 111 cm³/mol. The van der Waals surface area contributed by atoms with Gasteiger partial charge in [0.1, 0.15) is 18.7 Å². The molecule has 1 amide bonds. The van der Waals surface area contributed by atoms with Gasteiger partial charge in [0.05, 0.1) is 7.11 Å². The van der Waals surface area contributed by atoms with Crippen LogP contribution in [0, 0.1) is 0 Å². The fourth-order valence-corrected chi connectivity index (χ4v) is 2.96. The van der Waals surface area contributed by atoms with Crippen molar-refractivity contribution < 1.29 is 27.4 Å². The van der Waals surface area contributed by atoms with Gasteiger partial charge in [0.25, 0.3) is 5.56 Å². The van der Waals surface area contributed by atoms with Crippen LogP contribution in [0.25, 0.3) is 0 Å². The van der Waals surface area contributed by atoms with Gasteiger partial charge in [-0.2, -0.15) is 13.2 Å². The minimum Gasteiger partial charge on any atom is -0.493 e. The summed E-state index contributed by atoms with van der Waals surface area (Å²) in [6.07, 6.45) is -3.64. The van der Waals surface area contributed by atoms with Crippen molar-refractivity contribution >= 4 is 5.91 Å². The van der Waals surface area contributed by atoms with Crippen LogP contribution in [-0.4, -0.2) is 17.6 Å². The number of methoxy groups -OCH3 is 1. The molecule has 2 aromatic carbocycles. The second kappa shape index (κ2) is 10.0. The maximum atomic E-state index is 12.9. The zero-order valence-electron chi connectivity index (χ0n) is 17.2. The second-order valence-electron chi connectivity index (χ2n) is 6.89. The molecule has 168 valence electrons. The van der Waals surface area contributed by atoms with E-state index in [1.165, 1.54) is 7.11 Å². The molecule has 0 radical (unpaired) electrons. The molecule has 6 nitrogen and oxygen atoms in total. The van der Waals surface area contributed by atoms with Crippen LogP contribution in [0.2, 0.25) is 0 Å². The topological polar surface area (TPSA) is 69.6 Å². The lowest BCUT2D eigenvalue weighted by Gasteiger charge is -2.13. The van der Waals surface area contributed by atoms with Crippen LogP contribution in [0.15, 0.2) is 71.7 Å². The Kier molecular flexibility index (Phi) is 7.19. The van der Waals surface area contributed by atoms with Crippen LogP contribution >= 0.6 is 0 Å². The standard InChI is InChI=1S/C23H21F3N2O4/c1-31-20-12-17(9-10-19(20)32-15-16-6-3-2-4-7-16)13-27-21(29)14-28-11-5-8-18(22(28)30)23(24,25)26/h2-12H,13-15H2,1H3,(H,27,29). The summed E-state index contributed by atoms with van der Waals surface area (Å²) in [5.41, 5.74) is -0.894. The minimum atomic E-state index is -4.78. The van der Waals surface area contributed by atoms with Gasteiger partial charge >= 0.3 is 6.18 Å². The highest BCUT2D eigenvalue weighted by molar-refractivity contribution is 5.75. The Hall–Kier alpha value is -3.75. The maximum absolute atomic E-state index is 12.9. The molecule has 0 bridgehead atoms. The SMILES string of the molecule is COc1cc(CNC(=O)Cn2cccc(C(F)(F)F)c2=O)ccc1OCc1ccccc1.